The molecule has 0 unspecified atom stereocenters. The minimum atomic E-state index is -3.50. The van der Waals surface area contributed by atoms with Crippen molar-refractivity contribution >= 4 is 10.0 Å². The molecule has 2 aromatic rings. The van der Waals surface area contributed by atoms with Crippen LogP contribution < -0.4 is 9.47 Å². The van der Waals surface area contributed by atoms with E-state index in [2.05, 4.69) is 4.57 Å². The van der Waals surface area contributed by atoms with Crippen molar-refractivity contribution in [2.75, 3.05) is 26.3 Å². The molecule has 128 valence electrons. The first kappa shape index (κ1) is 15.5. The Kier molecular flexibility index (Phi) is 3.97. The molecule has 0 atom stereocenters. The summed E-state index contributed by atoms with van der Waals surface area (Å²) < 4.78 is 40.5. The topological polar surface area (TPSA) is 60.8 Å². The maximum atomic E-state index is 12.9. The maximum absolute atomic E-state index is 12.9. The van der Waals surface area contributed by atoms with Crippen LogP contribution in [0.1, 0.15) is 18.9 Å². The molecule has 2 aliphatic rings. The molecule has 0 saturated carbocycles. The summed E-state index contributed by atoms with van der Waals surface area (Å²) in [6, 6.07) is 9.21. The van der Waals surface area contributed by atoms with Crippen LogP contribution in [0.3, 0.4) is 0 Å². The Morgan fingerprint density at radius 3 is 2.33 bits per heavy atom. The van der Waals surface area contributed by atoms with E-state index in [4.69, 9.17) is 9.47 Å². The van der Waals surface area contributed by atoms with Crippen LogP contribution in [0.25, 0.3) is 0 Å². The van der Waals surface area contributed by atoms with Crippen LogP contribution in [0.2, 0.25) is 0 Å². The lowest BCUT2D eigenvalue weighted by atomic mass is 10.1. The van der Waals surface area contributed by atoms with Gasteiger partial charge in [-0.3, -0.25) is 0 Å². The number of hydrogen-bond acceptors (Lipinski definition) is 4. The van der Waals surface area contributed by atoms with E-state index in [1.807, 2.05) is 24.5 Å². The van der Waals surface area contributed by atoms with Crippen molar-refractivity contribution < 1.29 is 17.9 Å². The monoisotopic (exact) mass is 348 g/mol. The second-order valence-corrected chi connectivity index (χ2v) is 8.01. The predicted octanol–water partition coefficient (Wildman–Crippen LogP) is 2.29. The largest absolute Gasteiger partial charge is 0.486 e. The van der Waals surface area contributed by atoms with Gasteiger partial charge in [0, 0.05) is 37.6 Å². The van der Waals surface area contributed by atoms with E-state index in [0.717, 1.165) is 12.8 Å². The Balaban J connectivity index is 1.51. The number of sulfonamides is 1. The van der Waals surface area contributed by atoms with Crippen LogP contribution in [0.15, 0.2) is 47.6 Å². The van der Waals surface area contributed by atoms with Gasteiger partial charge >= 0.3 is 0 Å². The molecule has 1 fully saturated rings. The molecule has 7 heteroatoms. The van der Waals surface area contributed by atoms with Crippen molar-refractivity contribution in [3.63, 3.8) is 0 Å². The van der Waals surface area contributed by atoms with Crippen LogP contribution in [-0.2, 0) is 10.0 Å². The highest BCUT2D eigenvalue weighted by molar-refractivity contribution is 7.89. The van der Waals surface area contributed by atoms with E-state index in [9.17, 15) is 8.42 Å². The zero-order valence-corrected chi connectivity index (χ0v) is 14.1. The van der Waals surface area contributed by atoms with Gasteiger partial charge in [0.15, 0.2) is 11.5 Å². The van der Waals surface area contributed by atoms with E-state index in [1.54, 1.807) is 22.5 Å². The fourth-order valence-corrected chi connectivity index (χ4v) is 4.79. The van der Waals surface area contributed by atoms with Gasteiger partial charge in [-0.1, -0.05) is 0 Å². The first-order chi connectivity index (χ1) is 11.6. The molecule has 6 nitrogen and oxygen atoms in total. The number of benzene rings is 1. The molecule has 24 heavy (non-hydrogen) atoms. The fraction of sp³-hybridized carbons (Fsp3) is 0.412. The molecule has 1 aromatic heterocycles. The van der Waals surface area contributed by atoms with Gasteiger partial charge in [-0.2, -0.15) is 4.31 Å². The standard InChI is InChI=1S/C17H20N2O4S/c20-24(21,15-3-4-16-17(13-15)23-12-11-22-16)19-9-5-14(6-10-19)18-7-1-2-8-18/h1-4,7-8,13-14H,5-6,9-12H2. The molecule has 2 aliphatic heterocycles. The van der Waals surface area contributed by atoms with Crippen LogP contribution in [-0.4, -0.2) is 43.6 Å². The Bertz CT molecular complexity index is 809. The summed E-state index contributed by atoms with van der Waals surface area (Å²) in [5.41, 5.74) is 0. The molecule has 3 heterocycles. The van der Waals surface area contributed by atoms with Crippen LogP contribution in [0.5, 0.6) is 11.5 Å². The number of ether oxygens (including phenoxy) is 2. The second kappa shape index (κ2) is 6.14. The molecular weight excluding hydrogens is 328 g/mol. The van der Waals surface area contributed by atoms with Gasteiger partial charge in [0.25, 0.3) is 0 Å². The van der Waals surface area contributed by atoms with Gasteiger partial charge in [-0.15, -0.1) is 0 Å². The smallest absolute Gasteiger partial charge is 0.243 e. The zero-order chi connectivity index (χ0) is 16.6. The van der Waals surface area contributed by atoms with Crippen LogP contribution >= 0.6 is 0 Å². The molecule has 1 aromatic carbocycles. The molecule has 0 amide bonds. The van der Waals surface area contributed by atoms with Crippen molar-refractivity contribution in [1.82, 2.24) is 8.87 Å². The summed E-state index contributed by atoms with van der Waals surface area (Å²) in [4.78, 5) is 0.270. The van der Waals surface area contributed by atoms with Crippen LogP contribution in [0.4, 0.5) is 0 Å². The van der Waals surface area contributed by atoms with Crippen molar-refractivity contribution in [2.24, 2.45) is 0 Å². The SMILES string of the molecule is O=S(=O)(c1ccc2c(c1)OCCO2)N1CCC(n2cccc2)CC1. The Morgan fingerprint density at radius 1 is 0.958 bits per heavy atom. The summed E-state index contributed by atoms with van der Waals surface area (Å²) >= 11 is 0. The molecule has 0 bridgehead atoms. The summed E-state index contributed by atoms with van der Waals surface area (Å²) in [5, 5.41) is 0. The van der Waals surface area contributed by atoms with Crippen LogP contribution in [0, 0.1) is 0 Å². The fourth-order valence-electron chi connectivity index (χ4n) is 3.31. The van der Waals surface area contributed by atoms with Gasteiger partial charge < -0.3 is 14.0 Å². The van der Waals surface area contributed by atoms with Crippen molar-refractivity contribution in [3.8, 4) is 11.5 Å². The van der Waals surface area contributed by atoms with Gasteiger partial charge in [-0.05, 0) is 37.1 Å². The molecule has 0 spiro atoms. The number of rotatable bonds is 3. The summed E-state index contributed by atoms with van der Waals surface area (Å²) in [5.74, 6) is 1.11. The predicted molar refractivity (Wildman–Crippen MR) is 88.9 cm³/mol. The van der Waals surface area contributed by atoms with Gasteiger partial charge in [0.2, 0.25) is 10.0 Å². The first-order valence-corrected chi connectivity index (χ1v) is 9.61. The average Bonchev–Trinajstić information content (AvgIpc) is 3.16. The normalized spacial score (nSPS) is 19.3. The summed E-state index contributed by atoms with van der Waals surface area (Å²) in [6.07, 6.45) is 5.71. The first-order valence-electron chi connectivity index (χ1n) is 8.17. The van der Waals surface area contributed by atoms with E-state index >= 15 is 0 Å². The lowest BCUT2D eigenvalue weighted by Gasteiger charge is -2.32. The van der Waals surface area contributed by atoms with E-state index in [-0.39, 0.29) is 4.90 Å². The highest BCUT2D eigenvalue weighted by atomic mass is 32.2. The lowest BCUT2D eigenvalue weighted by molar-refractivity contribution is 0.171. The minimum absolute atomic E-state index is 0.270. The third kappa shape index (κ3) is 2.78. The number of hydrogen-bond donors (Lipinski definition) is 0. The quantitative estimate of drug-likeness (QED) is 0.854. The maximum Gasteiger partial charge on any atom is 0.243 e. The van der Waals surface area contributed by atoms with E-state index in [0.29, 0.717) is 43.8 Å². The average molecular weight is 348 g/mol. The Labute approximate surface area is 141 Å². The second-order valence-electron chi connectivity index (χ2n) is 6.07. The molecule has 1 saturated heterocycles. The third-order valence-corrected chi connectivity index (χ3v) is 6.52. The number of piperidine rings is 1. The summed E-state index contributed by atoms with van der Waals surface area (Å²) in [7, 11) is -3.50. The summed E-state index contributed by atoms with van der Waals surface area (Å²) in [6.45, 7) is 1.99. The van der Waals surface area contributed by atoms with Crippen molar-refractivity contribution in [1.29, 1.82) is 0 Å². The van der Waals surface area contributed by atoms with E-state index < -0.39 is 10.0 Å². The Morgan fingerprint density at radius 2 is 1.62 bits per heavy atom. The van der Waals surface area contributed by atoms with Crippen molar-refractivity contribution in [3.05, 3.63) is 42.7 Å². The molecule has 0 N–H and O–H groups in total. The van der Waals surface area contributed by atoms with E-state index in [1.165, 1.54) is 0 Å². The Hall–Kier alpha value is -1.99. The highest BCUT2D eigenvalue weighted by Crippen LogP contribution is 2.34. The zero-order valence-electron chi connectivity index (χ0n) is 13.3. The lowest BCUT2D eigenvalue weighted by Crippen LogP contribution is -2.38. The molecular formula is C17H20N2O4S. The van der Waals surface area contributed by atoms with Gasteiger partial charge in [0.1, 0.15) is 13.2 Å². The molecule has 4 rings (SSSR count). The van der Waals surface area contributed by atoms with Gasteiger partial charge in [-0.25, -0.2) is 8.42 Å². The molecule has 0 radical (unpaired) electrons. The number of nitrogens with zero attached hydrogens (tertiary/aromatic N) is 2. The minimum Gasteiger partial charge on any atom is -0.486 e. The molecule has 0 aliphatic carbocycles. The van der Waals surface area contributed by atoms with Gasteiger partial charge in [0.05, 0.1) is 4.90 Å². The number of aromatic nitrogens is 1. The van der Waals surface area contributed by atoms with Crippen molar-refractivity contribution in [2.45, 2.75) is 23.8 Å². The highest BCUT2D eigenvalue weighted by Gasteiger charge is 2.30. The number of fused-ring (bicyclic) bond motifs is 1. The third-order valence-electron chi connectivity index (χ3n) is 4.62.